The van der Waals surface area contributed by atoms with Gasteiger partial charge in [-0.25, -0.2) is 9.59 Å². The number of H-pyrrole nitrogens is 1. The van der Waals surface area contributed by atoms with Gasteiger partial charge in [0, 0.05) is 36.7 Å². The normalized spacial score (nSPS) is 17.5. The molecule has 0 saturated carbocycles. The number of hydrogen-bond acceptors (Lipinski definition) is 5. The molecule has 9 heteroatoms. The van der Waals surface area contributed by atoms with E-state index in [4.69, 9.17) is 14.2 Å². The number of ether oxygens (including phenoxy) is 3. The van der Waals surface area contributed by atoms with E-state index in [1.165, 1.54) is 0 Å². The summed E-state index contributed by atoms with van der Waals surface area (Å²) in [6.45, 7) is 5.33. The number of aryl methyl sites for hydroxylation is 1. The number of carbonyl (C=O) groups is 2. The molecule has 2 aromatic carbocycles. The van der Waals surface area contributed by atoms with E-state index in [1.54, 1.807) is 25.3 Å². The zero-order chi connectivity index (χ0) is 25.9. The van der Waals surface area contributed by atoms with Crippen LogP contribution in [-0.2, 0) is 17.6 Å². The SMILES string of the molecule is CCOc1cc2c(cc1OC)CCN(C(=O)N1CCOCC1)C2CCc1c[nH]c2ccc(C(=O)O)cc12. The van der Waals surface area contributed by atoms with Crippen LogP contribution in [-0.4, -0.2) is 78.5 Å². The molecule has 2 aliphatic heterocycles. The Hall–Kier alpha value is -3.72. The third-order valence-electron chi connectivity index (χ3n) is 7.31. The summed E-state index contributed by atoms with van der Waals surface area (Å²) in [7, 11) is 1.64. The quantitative estimate of drug-likeness (QED) is 0.495. The summed E-state index contributed by atoms with van der Waals surface area (Å²) < 4.78 is 16.9. The van der Waals surface area contributed by atoms with Gasteiger partial charge >= 0.3 is 12.0 Å². The number of morpholine rings is 1. The molecule has 196 valence electrons. The van der Waals surface area contributed by atoms with Crippen LogP contribution in [0.25, 0.3) is 10.9 Å². The van der Waals surface area contributed by atoms with Crippen LogP contribution in [0, 0.1) is 0 Å². The van der Waals surface area contributed by atoms with E-state index in [0.29, 0.717) is 63.8 Å². The number of urea groups is 1. The predicted molar refractivity (Wildman–Crippen MR) is 139 cm³/mol. The molecule has 1 aromatic heterocycles. The number of carboxylic acid groups (broad SMARTS) is 1. The Morgan fingerprint density at radius 1 is 1.14 bits per heavy atom. The molecule has 0 radical (unpaired) electrons. The Morgan fingerprint density at radius 3 is 2.68 bits per heavy atom. The summed E-state index contributed by atoms with van der Waals surface area (Å²) in [6.07, 6.45) is 4.04. The third kappa shape index (κ3) is 4.96. The highest BCUT2D eigenvalue weighted by Crippen LogP contribution is 2.41. The number of benzene rings is 2. The van der Waals surface area contributed by atoms with Crippen LogP contribution >= 0.6 is 0 Å². The summed E-state index contributed by atoms with van der Waals surface area (Å²) in [6, 6.07) is 9.05. The maximum absolute atomic E-state index is 13.7. The number of nitrogens with zero attached hydrogens (tertiary/aromatic N) is 2. The van der Waals surface area contributed by atoms with Crippen molar-refractivity contribution in [2.24, 2.45) is 0 Å². The minimum Gasteiger partial charge on any atom is -0.493 e. The fourth-order valence-corrected chi connectivity index (χ4v) is 5.42. The molecule has 9 nitrogen and oxygen atoms in total. The molecule has 0 spiro atoms. The largest absolute Gasteiger partial charge is 0.493 e. The van der Waals surface area contributed by atoms with E-state index in [1.807, 2.05) is 35.1 Å². The number of hydrogen-bond donors (Lipinski definition) is 2. The molecule has 0 aliphatic carbocycles. The second-order valence-electron chi connectivity index (χ2n) is 9.39. The fraction of sp³-hybridized carbons (Fsp3) is 0.429. The average Bonchev–Trinajstić information content (AvgIpc) is 3.33. The number of rotatable bonds is 7. The number of nitrogens with one attached hydrogen (secondary N) is 1. The molecule has 1 atom stereocenters. The highest BCUT2D eigenvalue weighted by atomic mass is 16.5. The van der Waals surface area contributed by atoms with Gasteiger partial charge in [0.25, 0.3) is 0 Å². The minimum atomic E-state index is -0.949. The number of fused-ring (bicyclic) bond motifs is 2. The Balaban J connectivity index is 1.49. The number of aromatic carboxylic acids is 1. The number of methoxy groups -OCH3 is 1. The van der Waals surface area contributed by atoms with Gasteiger partial charge in [0.05, 0.1) is 38.5 Å². The van der Waals surface area contributed by atoms with Crippen LogP contribution in [0.15, 0.2) is 36.5 Å². The van der Waals surface area contributed by atoms with Crippen molar-refractivity contribution in [2.45, 2.75) is 32.2 Å². The zero-order valence-corrected chi connectivity index (χ0v) is 21.3. The third-order valence-corrected chi connectivity index (χ3v) is 7.31. The van der Waals surface area contributed by atoms with Crippen LogP contribution in [0.4, 0.5) is 4.79 Å². The minimum absolute atomic E-state index is 0.0276. The summed E-state index contributed by atoms with van der Waals surface area (Å²) in [5.74, 6) is 0.424. The van der Waals surface area contributed by atoms with Crippen molar-refractivity contribution in [3.8, 4) is 11.5 Å². The molecule has 1 saturated heterocycles. The Labute approximate surface area is 215 Å². The Bertz CT molecular complexity index is 1300. The first-order valence-electron chi connectivity index (χ1n) is 12.8. The van der Waals surface area contributed by atoms with Gasteiger partial charge < -0.3 is 34.1 Å². The molecule has 1 fully saturated rings. The number of aromatic amines is 1. The molecule has 2 amide bonds. The standard InChI is InChI=1S/C28H33N3O6/c1-3-37-26-16-22-18(15-25(26)35-2)8-9-31(28(34)30-10-12-36-13-11-30)24(22)7-5-20-17-29-23-6-4-19(27(32)33)14-21(20)23/h4,6,14-17,24,29H,3,5,7-13H2,1-2H3,(H,32,33). The van der Waals surface area contributed by atoms with Crippen molar-refractivity contribution in [2.75, 3.05) is 46.6 Å². The van der Waals surface area contributed by atoms with Gasteiger partial charge in [-0.15, -0.1) is 0 Å². The lowest BCUT2D eigenvalue weighted by molar-refractivity contribution is 0.0376. The van der Waals surface area contributed by atoms with Crippen LogP contribution in [0.1, 0.15) is 46.4 Å². The number of carbonyl (C=O) groups excluding carboxylic acids is 1. The molecule has 3 aromatic rings. The summed E-state index contributed by atoms with van der Waals surface area (Å²) >= 11 is 0. The van der Waals surface area contributed by atoms with Crippen LogP contribution in [0.3, 0.4) is 0 Å². The van der Waals surface area contributed by atoms with Crippen molar-refractivity contribution in [3.63, 3.8) is 0 Å². The fourth-order valence-electron chi connectivity index (χ4n) is 5.42. The second kappa shape index (κ2) is 10.7. The molecule has 1 unspecified atom stereocenters. The lowest BCUT2D eigenvalue weighted by Gasteiger charge is -2.41. The first-order chi connectivity index (χ1) is 18.0. The van der Waals surface area contributed by atoms with Crippen molar-refractivity contribution < 1.29 is 28.9 Å². The number of aromatic nitrogens is 1. The summed E-state index contributed by atoms with van der Waals surface area (Å²) in [5.41, 5.74) is 4.41. The molecule has 37 heavy (non-hydrogen) atoms. The lowest BCUT2D eigenvalue weighted by Crippen LogP contribution is -2.51. The molecule has 3 heterocycles. The van der Waals surface area contributed by atoms with Gasteiger partial charge in [0.1, 0.15) is 0 Å². The predicted octanol–water partition coefficient (Wildman–Crippen LogP) is 4.26. The van der Waals surface area contributed by atoms with Crippen molar-refractivity contribution in [1.29, 1.82) is 0 Å². The topological polar surface area (TPSA) is 104 Å². The Morgan fingerprint density at radius 2 is 1.95 bits per heavy atom. The molecule has 2 N–H and O–H groups in total. The van der Waals surface area contributed by atoms with Crippen molar-refractivity contribution >= 4 is 22.9 Å². The van der Waals surface area contributed by atoms with Crippen molar-refractivity contribution in [3.05, 3.63) is 58.8 Å². The molecular formula is C28H33N3O6. The van der Waals surface area contributed by atoms with Crippen molar-refractivity contribution in [1.82, 2.24) is 14.8 Å². The van der Waals surface area contributed by atoms with Gasteiger partial charge in [-0.2, -0.15) is 0 Å². The summed E-state index contributed by atoms with van der Waals surface area (Å²) in [4.78, 5) is 32.3. The van der Waals surface area contributed by atoms with E-state index in [2.05, 4.69) is 4.98 Å². The van der Waals surface area contributed by atoms with Gasteiger partial charge in [-0.1, -0.05) is 0 Å². The first kappa shape index (κ1) is 25.0. The van der Waals surface area contributed by atoms with E-state index >= 15 is 0 Å². The monoisotopic (exact) mass is 507 g/mol. The van der Waals surface area contributed by atoms with Gasteiger partial charge in [-0.05, 0) is 73.2 Å². The highest BCUT2D eigenvalue weighted by molar-refractivity contribution is 5.94. The maximum Gasteiger partial charge on any atom is 0.335 e. The smallest absolute Gasteiger partial charge is 0.335 e. The van der Waals surface area contributed by atoms with Gasteiger partial charge in [0.2, 0.25) is 0 Å². The first-order valence-corrected chi connectivity index (χ1v) is 12.8. The number of amides is 2. The molecular weight excluding hydrogens is 474 g/mol. The van der Waals surface area contributed by atoms with Crippen LogP contribution in [0.5, 0.6) is 11.5 Å². The summed E-state index contributed by atoms with van der Waals surface area (Å²) in [5, 5.41) is 10.4. The van der Waals surface area contributed by atoms with Crippen LogP contribution in [0.2, 0.25) is 0 Å². The second-order valence-corrected chi connectivity index (χ2v) is 9.39. The average molecular weight is 508 g/mol. The highest BCUT2D eigenvalue weighted by Gasteiger charge is 2.35. The lowest BCUT2D eigenvalue weighted by atomic mass is 9.88. The molecule has 0 bridgehead atoms. The van der Waals surface area contributed by atoms with E-state index in [0.717, 1.165) is 34.0 Å². The number of carboxylic acids is 1. The van der Waals surface area contributed by atoms with E-state index in [-0.39, 0.29) is 17.6 Å². The molecule has 2 aliphatic rings. The maximum atomic E-state index is 13.7. The van der Waals surface area contributed by atoms with E-state index in [9.17, 15) is 14.7 Å². The van der Waals surface area contributed by atoms with Crippen LogP contribution < -0.4 is 9.47 Å². The Kier molecular flexibility index (Phi) is 7.23. The zero-order valence-electron chi connectivity index (χ0n) is 21.3. The van der Waals surface area contributed by atoms with Gasteiger partial charge in [0.15, 0.2) is 11.5 Å². The van der Waals surface area contributed by atoms with Gasteiger partial charge in [-0.3, -0.25) is 0 Å². The molecule has 5 rings (SSSR count). The van der Waals surface area contributed by atoms with E-state index < -0.39 is 5.97 Å².